The Morgan fingerprint density at radius 1 is 1.02 bits per heavy atom. The number of anilines is 2. The molecule has 1 saturated heterocycles. The van der Waals surface area contributed by atoms with Crippen molar-refractivity contribution < 1.29 is 23.2 Å². The van der Waals surface area contributed by atoms with E-state index < -0.39 is 54.6 Å². The van der Waals surface area contributed by atoms with Gasteiger partial charge in [-0.25, -0.2) is 13.8 Å². The molecule has 3 aromatic rings. The second-order valence-corrected chi connectivity index (χ2v) is 10.8. The molecule has 2 atom stereocenters. The van der Waals surface area contributed by atoms with E-state index in [1.807, 2.05) is 18.2 Å². The van der Waals surface area contributed by atoms with Gasteiger partial charge in [0.15, 0.2) is 0 Å². The SMILES string of the molecule is N#Cc1cc(C#N)cc(N(C(=O)C2CCC(=O)N2c2cc(C#N)ccn2)[C@H](C(=O)NC2CC(F)(F)C2)c2ccccc2Cl)c1. The number of alkyl halides is 2. The third kappa shape index (κ3) is 5.92. The molecule has 1 N–H and O–H groups in total. The van der Waals surface area contributed by atoms with Gasteiger partial charge in [-0.05, 0) is 42.8 Å². The van der Waals surface area contributed by atoms with Crippen molar-refractivity contribution in [3.8, 4) is 18.2 Å². The molecule has 0 radical (unpaired) electrons. The van der Waals surface area contributed by atoms with E-state index in [1.54, 1.807) is 12.1 Å². The topological polar surface area (TPSA) is 154 Å². The van der Waals surface area contributed by atoms with Gasteiger partial charge in [0.25, 0.3) is 11.8 Å². The van der Waals surface area contributed by atoms with Gasteiger partial charge in [-0.15, -0.1) is 0 Å². The molecule has 10 nitrogen and oxygen atoms in total. The van der Waals surface area contributed by atoms with Crippen LogP contribution in [0.2, 0.25) is 5.02 Å². The lowest BCUT2D eigenvalue weighted by Crippen LogP contribution is -2.56. The third-order valence-electron chi connectivity index (χ3n) is 7.45. The first-order valence-electron chi connectivity index (χ1n) is 13.4. The van der Waals surface area contributed by atoms with E-state index in [0.29, 0.717) is 0 Å². The van der Waals surface area contributed by atoms with Gasteiger partial charge in [0.1, 0.15) is 17.9 Å². The van der Waals surface area contributed by atoms with Crippen LogP contribution in [-0.4, -0.2) is 40.7 Å². The van der Waals surface area contributed by atoms with Gasteiger partial charge in [0.2, 0.25) is 11.8 Å². The number of amides is 3. The number of hydrogen-bond acceptors (Lipinski definition) is 7. The van der Waals surface area contributed by atoms with Crippen molar-refractivity contribution in [2.45, 2.75) is 49.7 Å². The van der Waals surface area contributed by atoms with Crippen LogP contribution in [-0.2, 0) is 14.4 Å². The molecule has 1 aliphatic carbocycles. The number of aromatic nitrogens is 1. The maximum Gasteiger partial charge on any atom is 0.252 e. The predicted octanol–water partition coefficient (Wildman–Crippen LogP) is 4.53. The molecular weight excluding hydrogens is 592 g/mol. The molecule has 220 valence electrons. The molecule has 1 aliphatic heterocycles. The lowest BCUT2D eigenvalue weighted by Gasteiger charge is -2.39. The normalized spacial score (nSPS) is 17.9. The van der Waals surface area contributed by atoms with Gasteiger partial charge in [-0.3, -0.25) is 24.2 Å². The van der Waals surface area contributed by atoms with Crippen LogP contribution in [0.1, 0.15) is 54.0 Å². The molecule has 5 rings (SSSR count). The van der Waals surface area contributed by atoms with Crippen molar-refractivity contribution in [1.29, 1.82) is 15.8 Å². The summed E-state index contributed by atoms with van der Waals surface area (Å²) in [6, 6.07) is 15.1. The van der Waals surface area contributed by atoms with E-state index >= 15 is 0 Å². The first kappa shape index (κ1) is 30.1. The average Bonchev–Trinajstić information content (AvgIpc) is 3.39. The van der Waals surface area contributed by atoms with Crippen molar-refractivity contribution in [3.63, 3.8) is 0 Å². The standard InChI is InChI=1S/C31H22ClF2N7O3/c32-24-4-2-1-3-23(24)28(29(43)39-21-13-31(33,34)14-21)40(22-10-19(16-36)9-20(11-22)17-37)30(44)25-5-6-27(42)41(25)26-12-18(15-35)7-8-38-26/h1-4,7-12,21,25,28H,5-6,13-14H2,(H,39,43)/t25?,28-/m0/s1. The van der Waals surface area contributed by atoms with Crippen LogP contribution < -0.4 is 15.1 Å². The Hall–Kier alpha value is -5.38. The molecule has 1 unspecified atom stereocenters. The second kappa shape index (κ2) is 12.1. The number of carbonyl (C=O) groups is 3. The summed E-state index contributed by atoms with van der Waals surface area (Å²) in [6.07, 6.45) is 0.112. The van der Waals surface area contributed by atoms with Crippen LogP contribution in [0.15, 0.2) is 60.8 Å². The van der Waals surface area contributed by atoms with Gasteiger partial charge >= 0.3 is 0 Å². The Bertz CT molecular complexity index is 1760. The maximum absolute atomic E-state index is 14.7. The molecule has 2 fully saturated rings. The summed E-state index contributed by atoms with van der Waals surface area (Å²) in [7, 11) is 0. The third-order valence-corrected chi connectivity index (χ3v) is 7.80. The highest BCUT2D eigenvalue weighted by molar-refractivity contribution is 6.31. The Balaban J connectivity index is 1.67. The first-order chi connectivity index (χ1) is 21.0. The molecule has 0 bridgehead atoms. The Morgan fingerprint density at radius 3 is 2.30 bits per heavy atom. The number of nitrogens with zero attached hydrogens (tertiary/aromatic N) is 6. The molecule has 2 heterocycles. The van der Waals surface area contributed by atoms with Gasteiger partial charge in [-0.2, -0.15) is 15.8 Å². The van der Waals surface area contributed by atoms with Crippen LogP contribution in [0.5, 0.6) is 0 Å². The molecular formula is C31H22ClF2N7O3. The monoisotopic (exact) mass is 613 g/mol. The highest BCUT2D eigenvalue weighted by atomic mass is 35.5. The van der Waals surface area contributed by atoms with Crippen molar-refractivity contribution in [3.05, 3.63) is 88.1 Å². The van der Waals surface area contributed by atoms with Crippen molar-refractivity contribution in [1.82, 2.24) is 10.3 Å². The summed E-state index contributed by atoms with van der Waals surface area (Å²) in [5.74, 6) is -4.95. The van der Waals surface area contributed by atoms with Gasteiger partial charge < -0.3 is 5.32 Å². The van der Waals surface area contributed by atoms with E-state index in [0.717, 1.165) is 9.80 Å². The molecule has 0 spiro atoms. The average molecular weight is 614 g/mol. The van der Waals surface area contributed by atoms with E-state index in [1.165, 1.54) is 48.7 Å². The Morgan fingerprint density at radius 2 is 1.68 bits per heavy atom. The van der Waals surface area contributed by atoms with Crippen molar-refractivity contribution >= 4 is 40.8 Å². The van der Waals surface area contributed by atoms with E-state index in [9.17, 15) is 39.0 Å². The molecule has 44 heavy (non-hydrogen) atoms. The highest BCUT2D eigenvalue weighted by Gasteiger charge is 2.48. The van der Waals surface area contributed by atoms with Crippen LogP contribution in [0.25, 0.3) is 0 Å². The Labute approximate surface area is 255 Å². The fraction of sp³-hybridized carbons (Fsp3) is 0.258. The molecule has 1 saturated carbocycles. The number of benzene rings is 2. The summed E-state index contributed by atoms with van der Waals surface area (Å²) in [5.41, 5.74) is 0.340. The smallest absolute Gasteiger partial charge is 0.252 e. The van der Waals surface area contributed by atoms with Gasteiger partial charge in [0, 0.05) is 47.8 Å². The predicted molar refractivity (Wildman–Crippen MR) is 153 cm³/mol. The number of hydrogen-bond donors (Lipinski definition) is 1. The number of nitrogens with one attached hydrogen (secondary N) is 1. The number of rotatable bonds is 7. The maximum atomic E-state index is 14.7. The largest absolute Gasteiger partial charge is 0.351 e. The second-order valence-electron chi connectivity index (χ2n) is 10.4. The molecule has 3 amide bonds. The van der Waals surface area contributed by atoms with Gasteiger partial charge in [-0.1, -0.05) is 29.8 Å². The molecule has 2 aromatic carbocycles. The fourth-order valence-corrected chi connectivity index (χ4v) is 5.64. The lowest BCUT2D eigenvalue weighted by atomic mass is 9.87. The summed E-state index contributed by atoms with van der Waals surface area (Å²) in [4.78, 5) is 48.1. The first-order valence-corrected chi connectivity index (χ1v) is 13.8. The summed E-state index contributed by atoms with van der Waals surface area (Å²) >= 11 is 6.54. The molecule has 13 heteroatoms. The molecule has 1 aromatic heterocycles. The fourth-order valence-electron chi connectivity index (χ4n) is 5.41. The minimum absolute atomic E-state index is 0.0107. The number of halogens is 3. The van der Waals surface area contributed by atoms with Crippen LogP contribution in [0.3, 0.4) is 0 Å². The van der Waals surface area contributed by atoms with Crippen LogP contribution >= 0.6 is 11.6 Å². The minimum Gasteiger partial charge on any atom is -0.351 e. The van der Waals surface area contributed by atoms with E-state index in [2.05, 4.69) is 10.3 Å². The van der Waals surface area contributed by atoms with Crippen molar-refractivity contribution in [2.75, 3.05) is 9.80 Å². The quantitative estimate of drug-likeness (QED) is 0.410. The summed E-state index contributed by atoms with van der Waals surface area (Å²) < 4.78 is 27.4. The zero-order valence-electron chi connectivity index (χ0n) is 22.9. The minimum atomic E-state index is -2.94. The van der Waals surface area contributed by atoms with Crippen molar-refractivity contribution in [2.24, 2.45) is 0 Å². The van der Waals surface area contributed by atoms with Crippen LogP contribution in [0, 0.1) is 34.0 Å². The lowest BCUT2D eigenvalue weighted by molar-refractivity contribution is -0.133. The number of nitriles is 3. The van der Waals surface area contributed by atoms with E-state index in [-0.39, 0.29) is 51.6 Å². The Kier molecular flexibility index (Phi) is 8.26. The van der Waals surface area contributed by atoms with Gasteiger partial charge in [0.05, 0.1) is 34.9 Å². The number of pyridine rings is 1. The molecule has 2 aliphatic rings. The summed E-state index contributed by atoms with van der Waals surface area (Å²) in [6.45, 7) is 0. The zero-order chi connectivity index (χ0) is 31.6. The highest BCUT2D eigenvalue weighted by Crippen LogP contribution is 2.40. The van der Waals surface area contributed by atoms with Crippen LogP contribution in [0.4, 0.5) is 20.3 Å². The number of carbonyl (C=O) groups excluding carboxylic acids is 3. The van der Waals surface area contributed by atoms with E-state index in [4.69, 9.17) is 11.6 Å². The summed E-state index contributed by atoms with van der Waals surface area (Å²) in [5, 5.41) is 31.4. The zero-order valence-corrected chi connectivity index (χ0v) is 23.6.